The van der Waals surface area contributed by atoms with E-state index in [1.54, 1.807) is 0 Å². The summed E-state index contributed by atoms with van der Waals surface area (Å²) in [5.41, 5.74) is 0. The van der Waals surface area contributed by atoms with Gasteiger partial charge in [-0.3, -0.25) is 9.69 Å². The lowest BCUT2D eigenvalue weighted by atomic mass is 10.2. The molecule has 0 aliphatic heterocycles. The second kappa shape index (κ2) is 6.80. The van der Waals surface area contributed by atoms with Crippen LogP contribution in [0.5, 0.6) is 0 Å². The van der Waals surface area contributed by atoms with Crippen LogP contribution in [0.4, 0.5) is 0 Å². The maximum atomic E-state index is 10.5. The zero-order valence-corrected chi connectivity index (χ0v) is 9.19. The molecule has 2 N–H and O–H groups in total. The van der Waals surface area contributed by atoms with Crippen LogP contribution in [0.3, 0.4) is 0 Å². The third-order valence-corrected chi connectivity index (χ3v) is 3.06. The molecule has 0 aromatic carbocycles. The van der Waals surface area contributed by atoms with Gasteiger partial charge >= 0.3 is 5.97 Å². The van der Waals surface area contributed by atoms with Crippen LogP contribution in [0.2, 0.25) is 0 Å². The Kier molecular flexibility index (Phi) is 5.65. The first-order valence-corrected chi connectivity index (χ1v) is 5.80. The molecular formula is C11H21NO3. The van der Waals surface area contributed by atoms with Gasteiger partial charge in [0.1, 0.15) is 0 Å². The molecule has 1 rings (SSSR count). The minimum absolute atomic E-state index is 0.191. The van der Waals surface area contributed by atoms with Crippen LogP contribution in [0.15, 0.2) is 0 Å². The minimum Gasteiger partial charge on any atom is -0.481 e. The Morgan fingerprint density at radius 2 is 1.93 bits per heavy atom. The predicted molar refractivity (Wildman–Crippen MR) is 57.8 cm³/mol. The Hall–Kier alpha value is -0.610. The second-order valence-electron chi connectivity index (χ2n) is 4.20. The molecule has 0 radical (unpaired) electrons. The molecule has 0 aromatic heterocycles. The summed E-state index contributed by atoms with van der Waals surface area (Å²) in [6.07, 6.45) is 5.84. The van der Waals surface area contributed by atoms with Crippen LogP contribution >= 0.6 is 0 Å². The van der Waals surface area contributed by atoms with Crippen LogP contribution in [0, 0.1) is 0 Å². The summed E-state index contributed by atoms with van der Waals surface area (Å²) in [7, 11) is 0. The van der Waals surface area contributed by atoms with E-state index in [9.17, 15) is 4.79 Å². The van der Waals surface area contributed by atoms with Gasteiger partial charge in [-0.15, -0.1) is 0 Å². The van der Waals surface area contributed by atoms with Gasteiger partial charge in [0.2, 0.25) is 0 Å². The third-order valence-electron chi connectivity index (χ3n) is 3.06. The van der Waals surface area contributed by atoms with Gasteiger partial charge in [0.25, 0.3) is 0 Å². The number of aliphatic hydroxyl groups is 1. The lowest BCUT2D eigenvalue weighted by Gasteiger charge is -2.27. The van der Waals surface area contributed by atoms with Crippen molar-refractivity contribution in [2.24, 2.45) is 0 Å². The molecule has 0 saturated heterocycles. The Labute approximate surface area is 90.9 Å². The smallest absolute Gasteiger partial charge is 0.304 e. The Morgan fingerprint density at radius 3 is 2.47 bits per heavy atom. The van der Waals surface area contributed by atoms with Crippen molar-refractivity contribution in [1.29, 1.82) is 0 Å². The van der Waals surface area contributed by atoms with Crippen LogP contribution in [-0.2, 0) is 4.79 Å². The molecule has 4 heteroatoms. The average molecular weight is 215 g/mol. The molecule has 0 amide bonds. The molecule has 88 valence electrons. The van der Waals surface area contributed by atoms with Gasteiger partial charge in [-0.25, -0.2) is 0 Å². The molecule has 15 heavy (non-hydrogen) atoms. The Bertz CT molecular complexity index is 190. The van der Waals surface area contributed by atoms with E-state index in [1.165, 1.54) is 25.7 Å². The summed E-state index contributed by atoms with van der Waals surface area (Å²) >= 11 is 0. The number of aliphatic carboxylic acids is 1. The second-order valence-corrected chi connectivity index (χ2v) is 4.20. The maximum Gasteiger partial charge on any atom is 0.304 e. The minimum atomic E-state index is -0.734. The molecule has 1 aliphatic rings. The van der Waals surface area contributed by atoms with E-state index >= 15 is 0 Å². The van der Waals surface area contributed by atoms with Gasteiger partial charge in [-0.1, -0.05) is 12.8 Å². The highest BCUT2D eigenvalue weighted by Gasteiger charge is 2.22. The van der Waals surface area contributed by atoms with Gasteiger partial charge in [-0.05, 0) is 19.3 Å². The number of nitrogens with zero attached hydrogens (tertiary/aromatic N) is 1. The maximum absolute atomic E-state index is 10.5. The van der Waals surface area contributed by atoms with Crippen molar-refractivity contribution in [3.05, 3.63) is 0 Å². The zero-order valence-electron chi connectivity index (χ0n) is 9.19. The van der Waals surface area contributed by atoms with Crippen molar-refractivity contribution in [1.82, 2.24) is 4.90 Å². The average Bonchev–Trinajstić information content (AvgIpc) is 2.71. The van der Waals surface area contributed by atoms with Crippen LogP contribution in [0.1, 0.15) is 38.5 Å². The molecule has 0 aromatic rings. The Balaban J connectivity index is 2.33. The molecule has 1 saturated carbocycles. The van der Waals surface area contributed by atoms with Gasteiger partial charge < -0.3 is 10.2 Å². The Morgan fingerprint density at radius 1 is 1.27 bits per heavy atom. The number of hydrogen-bond donors (Lipinski definition) is 2. The van der Waals surface area contributed by atoms with E-state index in [1.807, 2.05) is 0 Å². The van der Waals surface area contributed by atoms with Crippen molar-refractivity contribution < 1.29 is 15.0 Å². The van der Waals surface area contributed by atoms with Crippen molar-refractivity contribution >= 4 is 5.97 Å². The third kappa shape index (κ3) is 4.62. The monoisotopic (exact) mass is 215 g/mol. The lowest BCUT2D eigenvalue weighted by molar-refractivity contribution is -0.137. The first kappa shape index (κ1) is 12.5. The van der Waals surface area contributed by atoms with Crippen molar-refractivity contribution in [3.63, 3.8) is 0 Å². The summed E-state index contributed by atoms with van der Waals surface area (Å²) in [6.45, 7) is 1.64. The lowest BCUT2D eigenvalue weighted by Crippen LogP contribution is -2.36. The van der Waals surface area contributed by atoms with E-state index in [0.29, 0.717) is 12.6 Å². The fraction of sp³-hybridized carbons (Fsp3) is 0.909. The molecular weight excluding hydrogens is 194 g/mol. The molecule has 0 unspecified atom stereocenters. The van der Waals surface area contributed by atoms with E-state index in [4.69, 9.17) is 10.2 Å². The number of hydrogen-bond acceptors (Lipinski definition) is 3. The van der Waals surface area contributed by atoms with E-state index < -0.39 is 5.97 Å². The predicted octanol–water partition coefficient (Wildman–Crippen LogP) is 1.09. The van der Waals surface area contributed by atoms with Crippen LogP contribution in [-0.4, -0.2) is 46.8 Å². The number of aliphatic hydroxyl groups excluding tert-OH is 1. The molecule has 1 fully saturated rings. The SMILES string of the molecule is O=C(O)CCN(CCCO)C1CCCC1. The molecule has 4 nitrogen and oxygen atoms in total. The van der Waals surface area contributed by atoms with Crippen LogP contribution in [0.25, 0.3) is 0 Å². The van der Waals surface area contributed by atoms with Crippen molar-refractivity contribution in [2.75, 3.05) is 19.7 Å². The van der Waals surface area contributed by atoms with Gasteiger partial charge in [0.05, 0.1) is 6.42 Å². The first-order valence-electron chi connectivity index (χ1n) is 5.80. The molecule has 0 spiro atoms. The van der Waals surface area contributed by atoms with E-state index in [-0.39, 0.29) is 13.0 Å². The number of carbonyl (C=O) groups is 1. The normalized spacial score (nSPS) is 17.5. The summed E-state index contributed by atoms with van der Waals surface area (Å²) < 4.78 is 0. The topological polar surface area (TPSA) is 60.8 Å². The molecule has 0 heterocycles. The quantitative estimate of drug-likeness (QED) is 0.667. The zero-order chi connectivity index (χ0) is 11.1. The molecule has 1 aliphatic carbocycles. The summed E-state index contributed by atoms with van der Waals surface area (Å²) in [5.74, 6) is -0.734. The first-order chi connectivity index (χ1) is 7.24. The summed E-state index contributed by atoms with van der Waals surface area (Å²) in [5, 5.41) is 17.4. The fourth-order valence-corrected chi connectivity index (χ4v) is 2.26. The fourth-order valence-electron chi connectivity index (χ4n) is 2.26. The van der Waals surface area contributed by atoms with Crippen molar-refractivity contribution in [3.8, 4) is 0 Å². The number of rotatable bonds is 7. The largest absolute Gasteiger partial charge is 0.481 e. The number of carboxylic acids is 1. The van der Waals surface area contributed by atoms with E-state index in [2.05, 4.69) is 4.90 Å². The highest BCUT2D eigenvalue weighted by Crippen LogP contribution is 2.23. The standard InChI is InChI=1S/C11H21NO3/c13-9-3-7-12(8-6-11(14)15)10-4-1-2-5-10/h10,13H,1-9H2,(H,14,15). The van der Waals surface area contributed by atoms with E-state index in [0.717, 1.165) is 13.0 Å². The van der Waals surface area contributed by atoms with Crippen LogP contribution < -0.4 is 0 Å². The van der Waals surface area contributed by atoms with Gasteiger partial charge in [0.15, 0.2) is 0 Å². The molecule has 0 atom stereocenters. The molecule has 0 bridgehead atoms. The highest BCUT2D eigenvalue weighted by molar-refractivity contribution is 5.66. The van der Waals surface area contributed by atoms with Gasteiger partial charge in [0, 0.05) is 25.7 Å². The number of carboxylic acid groups (broad SMARTS) is 1. The van der Waals surface area contributed by atoms with Crippen molar-refractivity contribution in [2.45, 2.75) is 44.6 Å². The summed E-state index contributed by atoms with van der Waals surface area (Å²) in [6, 6.07) is 0.552. The summed E-state index contributed by atoms with van der Waals surface area (Å²) in [4.78, 5) is 12.7. The van der Waals surface area contributed by atoms with Gasteiger partial charge in [-0.2, -0.15) is 0 Å². The highest BCUT2D eigenvalue weighted by atomic mass is 16.4.